The summed E-state index contributed by atoms with van der Waals surface area (Å²) < 4.78 is 0. The van der Waals surface area contributed by atoms with Gasteiger partial charge in [0.05, 0.1) is 0 Å². The molecular weight excluding hydrogens is 332 g/mol. The number of hydrogen-bond donors (Lipinski definition) is 2. The molecule has 2 aliphatic rings. The molecule has 3 rings (SSSR count). The van der Waals surface area contributed by atoms with Crippen LogP contribution in [0.1, 0.15) is 108 Å². The maximum absolute atomic E-state index is 10.4. The fraction of sp³-hybridized carbons (Fsp3) is 0.760. The van der Waals surface area contributed by atoms with Crippen LogP contribution in [0, 0.1) is 10.8 Å². The van der Waals surface area contributed by atoms with Crippen molar-refractivity contribution in [2.45, 2.75) is 110 Å². The van der Waals surface area contributed by atoms with Crippen molar-refractivity contribution in [3.8, 4) is 11.5 Å². The molecule has 2 heteroatoms. The molecule has 0 unspecified atom stereocenters. The van der Waals surface area contributed by atoms with Crippen LogP contribution in [0.3, 0.4) is 0 Å². The minimum Gasteiger partial charge on any atom is -0.504 e. The number of hydrogen-bond acceptors (Lipinski definition) is 2. The summed E-state index contributed by atoms with van der Waals surface area (Å²) in [4.78, 5) is 0. The number of aromatic hydroxyl groups is 2. The summed E-state index contributed by atoms with van der Waals surface area (Å²) in [5, 5.41) is 20.3. The van der Waals surface area contributed by atoms with Gasteiger partial charge in [-0.3, -0.25) is 0 Å². The Morgan fingerprint density at radius 1 is 0.815 bits per heavy atom. The molecule has 0 aromatic heterocycles. The summed E-state index contributed by atoms with van der Waals surface area (Å²) in [7, 11) is 0. The Kier molecular flexibility index (Phi) is 6.76. The Balaban J connectivity index is 1.42. The van der Waals surface area contributed by atoms with Crippen LogP contribution < -0.4 is 0 Å². The second kappa shape index (κ2) is 8.88. The Morgan fingerprint density at radius 3 is 2.11 bits per heavy atom. The first-order chi connectivity index (χ1) is 13.0. The van der Waals surface area contributed by atoms with Crippen molar-refractivity contribution < 1.29 is 10.2 Å². The zero-order chi connectivity index (χ0) is 19.3. The van der Waals surface area contributed by atoms with Crippen molar-refractivity contribution in [2.24, 2.45) is 10.8 Å². The van der Waals surface area contributed by atoms with E-state index in [2.05, 4.69) is 13.8 Å². The lowest BCUT2D eigenvalue weighted by Crippen LogP contribution is -1.99. The van der Waals surface area contributed by atoms with Crippen LogP contribution in [-0.2, 0) is 12.8 Å². The van der Waals surface area contributed by atoms with E-state index in [0.717, 1.165) is 24.8 Å². The van der Waals surface area contributed by atoms with E-state index in [0.29, 0.717) is 10.8 Å². The molecule has 27 heavy (non-hydrogen) atoms. The largest absolute Gasteiger partial charge is 0.504 e. The minimum absolute atomic E-state index is 0.0397. The fourth-order valence-electron chi connectivity index (χ4n) is 4.62. The highest BCUT2D eigenvalue weighted by atomic mass is 16.3. The van der Waals surface area contributed by atoms with Gasteiger partial charge in [0.2, 0.25) is 0 Å². The number of benzene rings is 1. The van der Waals surface area contributed by atoms with Crippen LogP contribution in [0.2, 0.25) is 0 Å². The van der Waals surface area contributed by atoms with E-state index < -0.39 is 0 Å². The quantitative estimate of drug-likeness (QED) is 0.282. The van der Waals surface area contributed by atoms with E-state index in [1.54, 1.807) is 6.07 Å². The third-order valence-electron chi connectivity index (χ3n) is 7.53. The average Bonchev–Trinajstić information content (AvgIpc) is 3.58. The highest BCUT2D eigenvalue weighted by Gasteiger charge is 2.39. The molecule has 1 aromatic carbocycles. The van der Waals surface area contributed by atoms with Crippen LogP contribution >= 0.6 is 0 Å². The molecule has 2 N–H and O–H groups in total. The zero-order valence-electron chi connectivity index (χ0n) is 17.7. The van der Waals surface area contributed by atoms with Gasteiger partial charge in [0, 0.05) is 5.56 Å². The van der Waals surface area contributed by atoms with E-state index in [9.17, 15) is 10.2 Å². The summed E-state index contributed by atoms with van der Waals surface area (Å²) >= 11 is 0. The van der Waals surface area contributed by atoms with Crippen molar-refractivity contribution >= 4 is 0 Å². The van der Waals surface area contributed by atoms with Crippen molar-refractivity contribution in [1.29, 1.82) is 0 Å². The fourth-order valence-corrected chi connectivity index (χ4v) is 4.62. The summed E-state index contributed by atoms with van der Waals surface area (Å²) in [6, 6.07) is 3.70. The van der Waals surface area contributed by atoms with E-state index >= 15 is 0 Å². The summed E-state index contributed by atoms with van der Waals surface area (Å²) in [5.41, 5.74) is 3.60. The average molecular weight is 373 g/mol. The van der Waals surface area contributed by atoms with Crippen LogP contribution in [0.15, 0.2) is 12.1 Å². The molecule has 0 atom stereocenters. The molecule has 0 amide bonds. The van der Waals surface area contributed by atoms with Gasteiger partial charge in [-0.2, -0.15) is 0 Å². The number of phenolic OH excluding ortho intramolecular Hbond substituents is 2. The predicted molar refractivity (Wildman–Crippen MR) is 113 cm³/mol. The van der Waals surface area contributed by atoms with Gasteiger partial charge in [0.1, 0.15) is 0 Å². The lowest BCUT2D eigenvalue weighted by atomic mass is 9.92. The highest BCUT2D eigenvalue weighted by Crippen LogP contribution is 2.52. The Hall–Kier alpha value is -1.18. The smallest absolute Gasteiger partial charge is 0.160 e. The molecule has 0 bridgehead atoms. The van der Waals surface area contributed by atoms with Gasteiger partial charge < -0.3 is 10.2 Å². The van der Waals surface area contributed by atoms with Gasteiger partial charge in [-0.25, -0.2) is 0 Å². The zero-order valence-corrected chi connectivity index (χ0v) is 17.7. The maximum atomic E-state index is 10.4. The molecular formula is C25H40O2. The van der Waals surface area contributed by atoms with Gasteiger partial charge >= 0.3 is 0 Å². The second-order valence-corrected chi connectivity index (χ2v) is 9.86. The Labute approximate surface area is 166 Å². The number of rotatable bonds is 13. The first kappa shape index (κ1) is 20.6. The van der Waals surface area contributed by atoms with Gasteiger partial charge in [-0.05, 0) is 86.7 Å². The lowest BCUT2D eigenvalue weighted by Gasteiger charge is -2.14. The third kappa shape index (κ3) is 5.90. The van der Waals surface area contributed by atoms with Crippen molar-refractivity contribution in [1.82, 2.24) is 0 Å². The number of aryl methyl sites for hydroxylation is 1. The Bertz CT molecular complexity index is 611. The van der Waals surface area contributed by atoms with Crippen LogP contribution in [-0.4, -0.2) is 10.2 Å². The number of unbranched alkanes of at least 4 members (excludes halogenated alkanes) is 4. The first-order valence-electron chi connectivity index (χ1n) is 11.5. The van der Waals surface area contributed by atoms with E-state index in [1.807, 2.05) is 6.07 Å². The SMILES string of the molecule is CCC1(CCCCCc2ccc(O)c(O)c2CCCCCC2(C)CC2)CC1. The molecule has 0 radical (unpaired) electrons. The lowest BCUT2D eigenvalue weighted by molar-refractivity contribution is 0.396. The third-order valence-corrected chi connectivity index (χ3v) is 7.53. The monoisotopic (exact) mass is 372 g/mol. The molecule has 2 saturated carbocycles. The number of phenols is 2. The molecule has 2 aliphatic carbocycles. The van der Waals surface area contributed by atoms with Crippen molar-refractivity contribution in [2.75, 3.05) is 0 Å². The summed E-state index contributed by atoms with van der Waals surface area (Å²) in [6.07, 6.45) is 19.2. The van der Waals surface area contributed by atoms with E-state index in [1.165, 1.54) is 82.6 Å². The molecule has 1 aromatic rings. The topological polar surface area (TPSA) is 40.5 Å². The van der Waals surface area contributed by atoms with Gasteiger partial charge in [-0.15, -0.1) is 0 Å². The van der Waals surface area contributed by atoms with E-state index in [4.69, 9.17) is 0 Å². The van der Waals surface area contributed by atoms with Crippen LogP contribution in [0.4, 0.5) is 0 Å². The normalized spacial score (nSPS) is 19.2. The highest BCUT2D eigenvalue weighted by molar-refractivity contribution is 5.49. The van der Waals surface area contributed by atoms with Gasteiger partial charge in [0.25, 0.3) is 0 Å². The molecule has 2 nitrogen and oxygen atoms in total. The first-order valence-corrected chi connectivity index (χ1v) is 11.5. The minimum atomic E-state index is 0.0397. The van der Waals surface area contributed by atoms with Crippen molar-refractivity contribution in [3.63, 3.8) is 0 Å². The van der Waals surface area contributed by atoms with Crippen molar-refractivity contribution in [3.05, 3.63) is 23.3 Å². The molecule has 0 aliphatic heterocycles. The summed E-state index contributed by atoms with van der Waals surface area (Å²) in [6.45, 7) is 4.74. The molecule has 0 saturated heterocycles. The van der Waals surface area contributed by atoms with Crippen LogP contribution in [0.25, 0.3) is 0 Å². The van der Waals surface area contributed by atoms with Gasteiger partial charge in [0.15, 0.2) is 11.5 Å². The second-order valence-electron chi connectivity index (χ2n) is 9.86. The molecule has 0 heterocycles. The maximum Gasteiger partial charge on any atom is 0.160 e. The standard InChI is InChI=1S/C25H40O2/c1-3-25(18-19-25)15-9-4-6-10-20-12-13-22(26)23(27)21(20)11-7-5-8-14-24(2)16-17-24/h12-13,26-27H,3-11,14-19H2,1-2H3. The Morgan fingerprint density at radius 2 is 1.48 bits per heavy atom. The van der Waals surface area contributed by atoms with Crippen LogP contribution in [0.5, 0.6) is 11.5 Å². The predicted octanol–water partition coefficient (Wildman–Crippen LogP) is 7.29. The van der Waals surface area contributed by atoms with E-state index in [-0.39, 0.29) is 11.5 Å². The molecule has 2 fully saturated rings. The summed E-state index contributed by atoms with van der Waals surface area (Å²) in [5.74, 6) is 0.169. The molecule has 152 valence electrons. The molecule has 0 spiro atoms. The van der Waals surface area contributed by atoms with Gasteiger partial charge in [-0.1, -0.05) is 52.0 Å².